The number of carbonyl (C=O) groups is 1. The highest BCUT2D eigenvalue weighted by molar-refractivity contribution is 6.10. The zero-order valence-electron chi connectivity index (χ0n) is 17.9. The first-order chi connectivity index (χ1) is 14.4. The Bertz CT molecular complexity index is 1100. The van der Waals surface area contributed by atoms with Crippen molar-refractivity contribution in [1.29, 1.82) is 0 Å². The van der Waals surface area contributed by atoms with E-state index in [0.717, 1.165) is 44.2 Å². The van der Waals surface area contributed by atoms with Crippen LogP contribution in [0.2, 0.25) is 0 Å². The van der Waals surface area contributed by atoms with E-state index in [-0.39, 0.29) is 11.4 Å². The van der Waals surface area contributed by atoms with Crippen LogP contribution in [-0.2, 0) is 6.42 Å². The summed E-state index contributed by atoms with van der Waals surface area (Å²) in [5.41, 5.74) is 3.75. The molecule has 0 radical (unpaired) electrons. The van der Waals surface area contributed by atoms with Crippen LogP contribution in [-0.4, -0.2) is 39.4 Å². The van der Waals surface area contributed by atoms with E-state index < -0.39 is 0 Å². The summed E-state index contributed by atoms with van der Waals surface area (Å²) in [4.78, 5) is 24.2. The van der Waals surface area contributed by atoms with Crippen molar-refractivity contribution in [2.45, 2.75) is 52.0 Å². The number of anilines is 1. The molecule has 1 aromatic carbocycles. The van der Waals surface area contributed by atoms with Crippen molar-refractivity contribution in [1.82, 2.24) is 14.9 Å². The van der Waals surface area contributed by atoms with Gasteiger partial charge in [0.05, 0.1) is 10.9 Å². The Morgan fingerprint density at radius 3 is 2.73 bits per heavy atom. The summed E-state index contributed by atoms with van der Waals surface area (Å²) in [6.07, 6.45) is 5.73. The second kappa shape index (κ2) is 7.11. The zero-order valence-corrected chi connectivity index (χ0v) is 17.9. The Kier molecular flexibility index (Phi) is 4.53. The fourth-order valence-electron chi connectivity index (χ4n) is 4.39. The summed E-state index contributed by atoms with van der Waals surface area (Å²) in [5, 5.41) is 4.22. The summed E-state index contributed by atoms with van der Waals surface area (Å²) >= 11 is 0. The van der Waals surface area contributed by atoms with E-state index in [1.54, 1.807) is 0 Å². The normalized spacial score (nSPS) is 20.0. The number of furan rings is 1. The molecule has 2 aliphatic rings. The molecule has 0 bridgehead atoms. The molecule has 1 amide bonds. The average molecular weight is 405 g/mol. The van der Waals surface area contributed by atoms with Crippen LogP contribution in [0.1, 0.15) is 53.4 Å². The Labute approximate surface area is 176 Å². The van der Waals surface area contributed by atoms with Crippen molar-refractivity contribution >= 4 is 22.8 Å². The molecule has 5 rings (SSSR count). The third kappa shape index (κ3) is 3.55. The minimum absolute atomic E-state index is 0.0245. The lowest BCUT2D eigenvalue weighted by Crippen LogP contribution is -2.29. The molecule has 2 fully saturated rings. The van der Waals surface area contributed by atoms with Gasteiger partial charge in [-0.2, -0.15) is 0 Å². The van der Waals surface area contributed by atoms with Gasteiger partial charge in [0.1, 0.15) is 17.9 Å². The zero-order chi connectivity index (χ0) is 20.9. The molecular weight excluding hydrogens is 376 g/mol. The molecule has 6 heteroatoms. The summed E-state index contributed by atoms with van der Waals surface area (Å²) < 4.78 is 5.85. The smallest absolute Gasteiger partial charge is 0.258 e. The van der Waals surface area contributed by atoms with Crippen LogP contribution >= 0.6 is 0 Å². The van der Waals surface area contributed by atoms with Crippen molar-refractivity contribution in [3.63, 3.8) is 0 Å². The molecule has 3 aromatic rings. The molecule has 3 heterocycles. The maximum atomic E-state index is 13.5. The molecule has 1 aliphatic carbocycles. The number of benzene rings is 1. The van der Waals surface area contributed by atoms with E-state index in [2.05, 4.69) is 53.4 Å². The van der Waals surface area contributed by atoms with Gasteiger partial charge in [-0.1, -0.05) is 29.8 Å². The number of hydrogen-bond acceptors (Lipinski definition) is 5. The number of nitrogens with zero attached hydrogens (tertiary/aromatic N) is 3. The van der Waals surface area contributed by atoms with Gasteiger partial charge in [-0.3, -0.25) is 4.79 Å². The van der Waals surface area contributed by atoms with Crippen LogP contribution in [0.4, 0.5) is 5.82 Å². The number of rotatable bonds is 5. The molecule has 156 valence electrons. The van der Waals surface area contributed by atoms with E-state index in [1.807, 2.05) is 11.8 Å². The second-order valence-corrected chi connectivity index (χ2v) is 9.22. The summed E-state index contributed by atoms with van der Waals surface area (Å²) in [7, 11) is 0. The van der Waals surface area contributed by atoms with Gasteiger partial charge in [-0.15, -0.1) is 0 Å². The van der Waals surface area contributed by atoms with Crippen molar-refractivity contribution in [3.8, 4) is 0 Å². The van der Waals surface area contributed by atoms with Crippen molar-refractivity contribution in [3.05, 3.63) is 53.0 Å². The van der Waals surface area contributed by atoms with E-state index in [0.29, 0.717) is 28.8 Å². The van der Waals surface area contributed by atoms with Crippen LogP contribution in [0.15, 0.2) is 35.0 Å². The van der Waals surface area contributed by atoms with E-state index >= 15 is 0 Å². The molecule has 1 N–H and O–H groups in total. The molecule has 0 spiro atoms. The van der Waals surface area contributed by atoms with Crippen molar-refractivity contribution in [2.75, 3.05) is 18.4 Å². The SMILES string of the molecule is Cc1ccc(CC2CCN(C(=O)c3c(C)oc4ncnc(NC5(C)CC5)c34)C2)cc1. The predicted molar refractivity (Wildman–Crippen MR) is 117 cm³/mol. The summed E-state index contributed by atoms with van der Waals surface area (Å²) in [5.74, 6) is 1.82. The second-order valence-electron chi connectivity index (χ2n) is 9.22. The van der Waals surface area contributed by atoms with Crippen LogP contribution in [0, 0.1) is 19.8 Å². The monoisotopic (exact) mass is 404 g/mol. The standard InChI is InChI=1S/C24H28N4O2/c1-15-4-6-17(7-5-15)12-18-8-11-28(13-18)23(29)19-16(2)30-22-20(19)21(25-14-26-22)27-24(3)9-10-24/h4-7,14,18H,8-13H2,1-3H3,(H,25,26,27). The minimum atomic E-state index is 0.0245. The maximum absolute atomic E-state index is 13.5. The van der Waals surface area contributed by atoms with Crippen LogP contribution in [0.25, 0.3) is 11.1 Å². The lowest BCUT2D eigenvalue weighted by molar-refractivity contribution is 0.0787. The number of aryl methyl sites for hydroxylation is 2. The third-order valence-corrected chi connectivity index (χ3v) is 6.52. The Morgan fingerprint density at radius 1 is 1.23 bits per heavy atom. The lowest BCUT2D eigenvalue weighted by atomic mass is 9.98. The first-order valence-corrected chi connectivity index (χ1v) is 10.8. The predicted octanol–water partition coefficient (Wildman–Crippen LogP) is 4.51. The summed E-state index contributed by atoms with van der Waals surface area (Å²) in [6.45, 7) is 7.67. The number of aromatic nitrogens is 2. The van der Waals surface area contributed by atoms with Crippen LogP contribution in [0.5, 0.6) is 0 Å². The van der Waals surface area contributed by atoms with E-state index in [1.165, 1.54) is 17.5 Å². The van der Waals surface area contributed by atoms with Gasteiger partial charge in [0.2, 0.25) is 5.71 Å². The van der Waals surface area contributed by atoms with Gasteiger partial charge in [-0.05, 0) is 57.9 Å². The highest BCUT2D eigenvalue weighted by Gasteiger charge is 2.39. The average Bonchev–Trinajstić information content (AvgIpc) is 3.12. The Morgan fingerprint density at radius 2 is 2.00 bits per heavy atom. The largest absolute Gasteiger partial charge is 0.442 e. The van der Waals surface area contributed by atoms with Crippen LogP contribution < -0.4 is 5.32 Å². The highest BCUT2D eigenvalue weighted by atomic mass is 16.3. The Balaban J connectivity index is 1.38. The first kappa shape index (κ1) is 19.1. The van der Waals surface area contributed by atoms with Crippen molar-refractivity contribution < 1.29 is 9.21 Å². The number of likely N-dealkylation sites (tertiary alicyclic amines) is 1. The molecule has 1 aliphatic heterocycles. The number of amides is 1. The minimum Gasteiger partial charge on any atom is -0.442 e. The molecular formula is C24H28N4O2. The molecule has 6 nitrogen and oxygen atoms in total. The molecule has 2 aromatic heterocycles. The highest BCUT2D eigenvalue weighted by Crippen LogP contribution is 2.40. The quantitative estimate of drug-likeness (QED) is 0.677. The van der Waals surface area contributed by atoms with Gasteiger partial charge >= 0.3 is 0 Å². The van der Waals surface area contributed by atoms with Crippen molar-refractivity contribution in [2.24, 2.45) is 5.92 Å². The maximum Gasteiger partial charge on any atom is 0.258 e. The fourth-order valence-corrected chi connectivity index (χ4v) is 4.39. The van der Waals surface area contributed by atoms with Gasteiger partial charge in [0, 0.05) is 18.6 Å². The number of nitrogens with one attached hydrogen (secondary N) is 1. The number of fused-ring (bicyclic) bond motifs is 1. The van der Waals surface area contributed by atoms with Gasteiger partial charge in [-0.25, -0.2) is 9.97 Å². The molecule has 1 unspecified atom stereocenters. The number of carbonyl (C=O) groups excluding carboxylic acids is 1. The van der Waals surface area contributed by atoms with Gasteiger partial charge in [0.15, 0.2) is 0 Å². The van der Waals surface area contributed by atoms with Gasteiger partial charge in [0.25, 0.3) is 5.91 Å². The summed E-state index contributed by atoms with van der Waals surface area (Å²) in [6, 6.07) is 8.70. The first-order valence-electron chi connectivity index (χ1n) is 10.8. The van der Waals surface area contributed by atoms with Crippen LogP contribution in [0.3, 0.4) is 0 Å². The molecule has 30 heavy (non-hydrogen) atoms. The Hall–Kier alpha value is -2.89. The molecule has 1 saturated heterocycles. The topological polar surface area (TPSA) is 71.3 Å². The molecule has 1 saturated carbocycles. The fraction of sp³-hybridized carbons (Fsp3) is 0.458. The number of hydrogen-bond donors (Lipinski definition) is 1. The lowest BCUT2D eigenvalue weighted by Gasteiger charge is -2.18. The third-order valence-electron chi connectivity index (χ3n) is 6.52. The van der Waals surface area contributed by atoms with Gasteiger partial charge < -0.3 is 14.6 Å². The molecule has 1 atom stereocenters. The van der Waals surface area contributed by atoms with E-state index in [4.69, 9.17) is 4.42 Å². The van der Waals surface area contributed by atoms with E-state index in [9.17, 15) is 4.79 Å².